The van der Waals surface area contributed by atoms with E-state index in [9.17, 15) is 4.57 Å². The highest BCUT2D eigenvalue weighted by Crippen LogP contribution is 2.57. The van der Waals surface area contributed by atoms with Crippen molar-refractivity contribution >= 4 is 18.6 Å². The Balaban J connectivity index is 2.60. The highest BCUT2D eigenvalue weighted by Gasteiger charge is 2.38. The topological polar surface area (TPSA) is 43.7 Å². The van der Waals surface area contributed by atoms with Crippen LogP contribution < -0.4 is 0 Å². The fourth-order valence-corrected chi connectivity index (χ4v) is 5.09. The summed E-state index contributed by atoms with van der Waals surface area (Å²) in [5.41, 5.74) is 0.814. The Morgan fingerprint density at radius 3 is 2.04 bits per heavy atom. The van der Waals surface area contributed by atoms with Gasteiger partial charge in [-0.3, -0.25) is 13.4 Å². The summed E-state index contributed by atoms with van der Waals surface area (Å²) in [5.74, 6) is 0. The minimum absolute atomic E-state index is 0.601. The molecule has 26 heavy (non-hydrogen) atoms. The first-order chi connectivity index (χ1) is 11.8. The zero-order valence-electron chi connectivity index (χ0n) is 17.4. The molecule has 2 rings (SSSR count). The molecule has 1 aromatic heterocycles. The van der Waals surface area contributed by atoms with Crippen molar-refractivity contribution in [3.63, 3.8) is 0 Å². The molecule has 0 radical (unpaired) electrons. The number of fused-ring (bicyclic) bond motifs is 1. The molecular formula is C20H33N2O3P. The lowest BCUT2D eigenvalue weighted by atomic mass is 10.1. The van der Waals surface area contributed by atoms with Crippen LogP contribution in [-0.4, -0.2) is 41.1 Å². The van der Waals surface area contributed by atoms with Gasteiger partial charge in [0.1, 0.15) is 0 Å². The number of hydrogen-bond donors (Lipinski definition) is 0. The molecule has 5 nitrogen and oxygen atoms in total. The molecule has 0 amide bonds. The molecule has 0 aliphatic heterocycles. The molecule has 0 aliphatic carbocycles. The second-order valence-electron chi connectivity index (χ2n) is 8.95. The summed E-state index contributed by atoms with van der Waals surface area (Å²) < 4.78 is 27.7. The second-order valence-corrected chi connectivity index (χ2v) is 10.7. The molecule has 0 aliphatic rings. The lowest BCUT2D eigenvalue weighted by Gasteiger charge is -2.32. The van der Waals surface area contributed by atoms with E-state index in [4.69, 9.17) is 9.05 Å². The molecule has 0 N–H and O–H groups in total. The van der Waals surface area contributed by atoms with Gasteiger partial charge >= 0.3 is 7.75 Å². The summed E-state index contributed by atoms with van der Waals surface area (Å²) in [6.07, 6.45) is 2.80. The van der Waals surface area contributed by atoms with Crippen LogP contribution in [0.1, 0.15) is 47.1 Å². The highest BCUT2D eigenvalue weighted by molar-refractivity contribution is 7.52. The predicted molar refractivity (Wildman–Crippen MR) is 109 cm³/mol. The van der Waals surface area contributed by atoms with Gasteiger partial charge in [-0.25, -0.2) is 4.57 Å². The van der Waals surface area contributed by atoms with Crippen LogP contribution in [0.25, 0.3) is 10.9 Å². The monoisotopic (exact) mass is 380 g/mol. The number of para-hydroxylation sites is 1. The summed E-state index contributed by atoms with van der Waals surface area (Å²) in [6, 6.07) is 7.99. The molecular weight excluding hydrogens is 347 g/mol. The van der Waals surface area contributed by atoms with E-state index in [1.54, 1.807) is 4.34 Å². The normalized spacial score (nSPS) is 13.7. The van der Waals surface area contributed by atoms with Crippen molar-refractivity contribution < 1.29 is 13.6 Å². The van der Waals surface area contributed by atoms with Crippen molar-refractivity contribution in [1.29, 1.82) is 0 Å². The smallest absolute Gasteiger partial charge is 0.309 e. The van der Waals surface area contributed by atoms with E-state index in [0.29, 0.717) is 0 Å². The fraction of sp³-hybridized carbons (Fsp3) is 0.600. The molecule has 146 valence electrons. The summed E-state index contributed by atoms with van der Waals surface area (Å²) in [6.45, 7) is 12.3. The lowest BCUT2D eigenvalue weighted by molar-refractivity contribution is 0.0454. The largest absolute Gasteiger partial charge is 0.440 e. The Labute approximate surface area is 157 Å². The molecule has 2 aromatic rings. The summed E-state index contributed by atoms with van der Waals surface area (Å²) >= 11 is 0. The van der Waals surface area contributed by atoms with Crippen LogP contribution in [-0.2, 0) is 20.0 Å². The Hall–Kier alpha value is -1.13. The van der Waals surface area contributed by atoms with Crippen LogP contribution in [0.2, 0.25) is 0 Å². The average molecular weight is 380 g/mol. The number of aromatic nitrogens is 1. The zero-order chi connectivity index (χ0) is 19.8. The van der Waals surface area contributed by atoms with Crippen molar-refractivity contribution in [3.05, 3.63) is 36.0 Å². The van der Waals surface area contributed by atoms with Crippen LogP contribution in [0, 0.1) is 0 Å². The number of likely N-dealkylation sites (N-methyl/N-ethyl adjacent to an activating group) is 1. The third kappa shape index (κ3) is 5.43. The maximum absolute atomic E-state index is 13.9. The van der Waals surface area contributed by atoms with Gasteiger partial charge in [0.05, 0.1) is 16.7 Å². The van der Waals surface area contributed by atoms with Gasteiger partial charge in [0, 0.05) is 18.1 Å². The third-order valence-corrected chi connectivity index (χ3v) is 6.06. The average Bonchev–Trinajstić information content (AvgIpc) is 2.80. The van der Waals surface area contributed by atoms with Gasteiger partial charge in [-0.15, -0.1) is 0 Å². The predicted octanol–water partition coefficient (Wildman–Crippen LogP) is 5.33. The van der Waals surface area contributed by atoms with Crippen molar-refractivity contribution in [2.45, 2.75) is 59.2 Å². The molecule has 0 atom stereocenters. The molecule has 0 fully saturated rings. The van der Waals surface area contributed by atoms with Gasteiger partial charge in [0.25, 0.3) is 0 Å². The molecule has 0 unspecified atom stereocenters. The summed E-state index contributed by atoms with van der Waals surface area (Å²) in [5, 5.41) is 1.09. The maximum Gasteiger partial charge on any atom is 0.440 e. The SMILES string of the molecule is CN(C)CCc1cn(P(=O)(OC(C)(C)C)OC(C)(C)C)c2ccccc12. The Morgan fingerprint density at radius 1 is 1.00 bits per heavy atom. The number of rotatable bonds is 6. The first-order valence-electron chi connectivity index (χ1n) is 9.07. The van der Waals surface area contributed by atoms with Crippen LogP contribution in [0.4, 0.5) is 0 Å². The van der Waals surface area contributed by atoms with Gasteiger partial charge in [0.2, 0.25) is 0 Å². The summed E-state index contributed by atoms with van der Waals surface area (Å²) in [4.78, 5) is 2.14. The quantitative estimate of drug-likeness (QED) is 0.635. The zero-order valence-corrected chi connectivity index (χ0v) is 18.3. The van der Waals surface area contributed by atoms with Gasteiger partial charge in [-0.1, -0.05) is 18.2 Å². The van der Waals surface area contributed by atoms with Gasteiger partial charge in [-0.05, 0) is 73.7 Å². The van der Waals surface area contributed by atoms with Crippen molar-refractivity contribution in [2.75, 3.05) is 20.6 Å². The minimum Gasteiger partial charge on any atom is -0.309 e. The molecule has 1 aromatic carbocycles. The standard InChI is InChI=1S/C20H33N2O3P/c1-19(2,3)24-26(23,25-20(4,5)6)22-15-16(13-14-21(7)8)17-11-9-10-12-18(17)22/h9-12,15H,13-14H2,1-8H3. The lowest BCUT2D eigenvalue weighted by Crippen LogP contribution is -2.26. The number of hydrogen-bond acceptors (Lipinski definition) is 4. The van der Waals surface area contributed by atoms with Crippen LogP contribution in [0.5, 0.6) is 0 Å². The highest BCUT2D eigenvalue weighted by atomic mass is 31.2. The first-order valence-corrected chi connectivity index (χ1v) is 10.6. The molecule has 0 saturated carbocycles. The second kappa shape index (κ2) is 7.47. The van der Waals surface area contributed by atoms with E-state index in [-0.39, 0.29) is 0 Å². The van der Waals surface area contributed by atoms with E-state index < -0.39 is 18.9 Å². The van der Waals surface area contributed by atoms with Crippen molar-refractivity contribution in [3.8, 4) is 0 Å². The molecule has 0 bridgehead atoms. The Bertz CT molecular complexity index is 777. The maximum atomic E-state index is 13.9. The van der Waals surface area contributed by atoms with E-state index in [1.807, 2.05) is 65.9 Å². The van der Waals surface area contributed by atoms with Crippen LogP contribution >= 0.6 is 7.75 Å². The minimum atomic E-state index is -3.58. The van der Waals surface area contributed by atoms with E-state index in [1.165, 1.54) is 0 Å². The van der Waals surface area contributed by atoms with E-state index >= 15 is 0 Å². The number of nitrogens with zero attached hydrogens (tertiary/aromatic N) is 2. The molecule has 6 heteroatoms. The van der Waals surface area contributed by atoms with Gasteiger partial charge in [0.15, 0.2) is 0 Å². The Kier molecular flexibility index (Phi) is 6.09. The van der Waals surface area contributed by atoms with Crippen molar-refractivity contribution in [1.82, 2.24) is 9.24 Å². The van der Waals surface area contributed by atoms with Crippen LogP contribution in [0.3, 0.4) is 0 Å². The molecule has 0 saturated heterocycles. The first kappa shape index (κ1) is 21.2. The van der Waals surface area contributed by atoms with Gasteiger partial charge in [-0.2, -0.15) is 0 Å². The van der Waals surface area contributed by atoms with E-state index in [2.05, 4.69) is 25.1 Å². The van der Waals surface area contributed by atoms with Crippen molar-refractivity contribution in [2.24, 2.45) is 0 Å². The van der Waals surface area contributed by atoms with Gasteiger partial charge < -0.3 is 4.90 Å². The Morgan fingerprint density at radius 2 is 1.54 bits per heavy atom. The third-order valence-electron chi connectivity index (χ3n) is 3.65. The van der Waals surface area contributed by atoms with E-state index in [0.717, 1.165) is 29.4 Å². The fourth-order valence-electron chi connectivity index (χ4n) is 2.78. The number of benzene rings is 1. The summed E-state index contributed by atoms with van der Waals surface area (Å²) in [7, 11) is 0.518. The molecule has 1 heterocycles. The molecule has 0 spiro atoms. The van der Waals surface area contributed by atoms with Crippen LogP contribution in [0.15, 0.2) is 30.5 Å².